The van der Waals surface area contributed by atoms with Gasteiger partial charge in [0.25, 0.3) is 0 Å². The smallest absolute Gasteiger partial charge is 0.360 e. The molecule has 7 heteroatoms. The van der Waals surface area contributed by atoms with Gasteiger partial charge in [0.15, 0.2) is 0 Å². The van der Waals surface area contributed by atoms with Crippen LogP contribution < -0.4 is 11.4 Å². The molecule has 0 N–H and O–H groups in total. The van der Waals surface area contributed by atoms with Gasteiger partial charge in [-0.05, 0) is 18.2 Å². The van der Waals surface area contributed by atoms with E-state index in [-0.39, 0.29) is 5.84 Å². The van der Waals surface area contributed by atoms with Gasteiger partial charge in [-0.1, -0.05) is 17.7 Å². The van der Waals surface area contributed by atoms with Gasteiger partial charge in [-0.15, -0.1) is 4.98 Å². The highest BCUT2D eigenvalue weighted by molar-refractivity contribution is 6.30. The SMILES string of the molecule is O=c1nc2occn2c(=O)n1-c1cccc(Cl)c1. The second-order valence-corrected chi connectivity index (χ2v) is 3.98. The van der Waals surface area contributed by atoms with Crippen LogP contribution in [0.15, 0.2) is 50.7 Å². The molecular formula is C11H6ClN3O3. The Morgan fingerprint density at radius 3 is 2.89 bits per heavy atom. The van der Waals surface area contributed by atoms with Gasteiger partial charge in [0, 0.05) is 5.02 Å². The van der Waals surface area contributed by atoms with E-state index >= 15 is 0 Å². The van der Waals surface area contributed by atoms with Crippen molar-refractivity contribution in [2.75, 3.05) is 0 Å². The normalized spacial score (nSPS) is 10.9. The molecule has 3 rings (SSSR count). The van der Waals surface area contributed by atoms with Crippen molar-refractivity contribution in [1.29, 1.82) is 0 Å². The predicted octanol–water partition coefficient (Wildman–Crippen LogP) is 1.09. The van der Waals surface area contributed by atoms with E-state index in [2.05, 4.69) is 4.98 Å². The van der Waals surface area contributed by atoms with Gasteiger partial charge in [0.05, 0.1) is 11.9 Å². The van der Waals surface area contributed by atoms with E-state index in [1.165, 1.54) is 18.5 Å². The Morgan fingerprint density at radius 1 is 1.28 bits per heavy atom. The predicted molar refractivity (Wildman–Crippen MR) is 64.3 cm³/mol. The Kier molecular flexibility index (Phi) is 2.31. The quantitative estimate of drug-likeness (QED) is 0.659. The van der Waals surface area contributed by atoms with Gasteiger partial charge < -0.3 is 4.42 Å². The third-order valence-electron chi connectivity index (χ3n) is 2.44. The Hall–Kier alpha value is -2.34. The van der Waals surface area contributed by atoms with Crippen LogP contribution in [0.1, 0.15) is 0 Å². The lowest BCUT2D eigenvalue weighted by atomic mass is 10.3. The first kappa shape index (κ1) is 10.8. The first-order valence-corrected chi connectivity index (χ1v) is 5.39. The van der Waals surface area contributed by atoms with E-state index in [0.29, 0.717) is 10.7 Å². The molecule has 6 nitrogen and oxygen atoms in total. The van der Waals surface area contributed by atoms with E-state index in [0.717, 1.165) is 8.97 Å². The molecule has 0 saturated heterocycles. The van der Waals surface area contributed by atoms with Crippen molar-refractivity contribution >= 4 is 17.4 Å². The molecule has 0 atom stereocenters. The molecule has 0 fully saturated rings. The second kappa shape index (κ2) is 3.85. The molecule has 0 unspecified atom stereocenters. The van der Waals surface area contributed by atoms with Gasteiger partial charge in [0.1, 0.15) is 6.26 Å². The number of nitrogens with zero attached hydrogens (tertiary/aromatic N) is 3. The van der Waals surface area contributed by atoms with Crippen molar-refractivity contribution in [3.8, 4) is 5.69 Å². The monoisotopic (exact) mass is 263 g/mol. The van der Waals surface area contributed by atoms with Crippen molar-refractivity contribution in [3.05, 3.63) is 62.7 Å². The number of aromatic nitrogens is 3. The summed E-state index contributed by atoms with van der Waals surface area (Å²) >= 11 is 5.83. The largest absolute Gasteiger partial charge is 0.431 e. The zero-order chi connectivity index (χ0) is 12.7. The van der Waals surface area contributed by atoms with Crippen LogP contribution in [-0.4, -0.2) is 14.0 Å². The first-order valence-electron chi connectivity index (χ1n) is 5.02. The van der Waals surface area contributed by atoms with Crippen LogP contribution in [0.25, 0.3) is 11.5 Å². The number of halogens is 1. The number of benzene rings is 1. The van der Waals surface area contributed by atoms with Gasteiger partial charge in [-0.25, -0.2) is 18.6 Å². The lowest BCUT2D eigenvalue weighted by Crippen LogP contribution is -2.37. The minimum absolute atomic E-state index is 0.0386. The molecular weight excluding hydrogens is 258 g/mol. The van der Waals surface area contributed by atoms with Crippen molar-refractivity contribution in [3.63, 3.8) is 0 Å². The van der Waals surface area contributed by atoms with Crippen molar-refractivity contribution in [2.45, 2.75) is 0 Å². The molecule has 0 radical (unpaired) electrons. The lowest BCUT2D eigenvalue weighted by molar-refractivity contribution is 0.579. The Bertz CT molecular complexity index is 846. The molecule has 0 spiro atoms. The summed E-state index contributed by atoms with van der Waals surface area (Å²) in [5, 5.41) is 0.427. The Balaban J connectivity index is 2.42. The summed E-state index contributed by atoms with van der Waals surface area (Å²) in [6.07, 6.45) is 2.68. The summed E-state index contributed by atoms with van der Waals surface area (Å²) in [7, 11) is 0. The van der Waals surface area contributed by atoms with Crippen LogP contribution >= 0.6 is 11.6 Å². The lowest BCUT2D eigenvalue weighted by Gasteiger charge is -2.03. The average molecular weight is 264 g/mol. The number of hydrogen-bond acceptors (Lipinski definition) is 4. The number of fused-ring (bicyclic) bond motifs is 1. The van der Waals surface area contributed by atoms with Crippen molar-refractivity contribution in [1.82, 2.24) is 14.0 Å². The zero-order valence-corrected chi connectivity index (χ0v) is 9.66. The second-order valence-electron chi connectivity index (χ2n) is 3.55. The van der Waals surface area contributed by atoms with E-state index < -0.39 is 11.4 Å². The van der Waals surface area contributed by atoms with Gasteiger partial charge in [-0.3, -0.25) is 0 Å². The van der Waals surface area contributed by atoms with E-state index in [1.807, 2.05) is 0 Å². The summed E-state index contributed by atoms with van der Waals surface area (Å²) in [6.45, 7) is 0. The van der Waals surface area contributed by atoms with E-state index in [9.17, 15) is 9.59 Å². The number of rotatable bonds is 1. The fourth-order valence-electron chi connectivity index (χ4n) is 1.66. The van der Waals surface area contributed by atoms with Crippen LogP contribution in [0.2, 0.25) is 5.02 Å². The van der Waals surface area contributed by atoms with Crippen molar-refractivity contribution < 1.29 is 4.42 Å². The van der Waals surface area contributed by atoms with Crippen LogP contribution in [0.3, 0.4) is 0 Å². The standard InChI is InChI=1S/C11H6ClN3O3/c12-7-2-1-3-8(6-7)15-9(16)13-10-14(11(15)17)4-5-18-10/h1-6H. The highest BCUT2D eigenvalue weighted by Gasteiger charge is 2.11. The maximum Gasteiger partial charge on any atom is 0.360 e. The molecule has 2 aromatic heterocycles. The molecule has 2 heterocycles. The summed E-state index contributed by atoms with van der Waals surface area (Å²) in [6, 6.07) is 6.41. The Morgan fingerprint density at radius 2 is 2.11 bits per heavy atom. The highest BCUT2D eigenvalue weighted by Crippen LogP contribution is 2.11. The third-order valence-corrected chi connectivity index (χ3v) is 2.67. The van der Waals surface area contributed by atoms with Gasteiger partial charge in [0.2, 0.25) is 0 Å². The highest BCUT2D eigenvalue weighted by atomic mass is 35.5. The molecule has 0 aliphatic heterocycles. The van der Waals surface area contributed by atoms with Gasteiger partial charge >= 0.3 is 17.2 Å². The third kappa shape index (κ3) is 1.54. The average Bonchev–Trinajstić information content (AvgIpc) is 2.77. The number of oxazole rings is 1. The summed E-state index contributed by atoms with van der Waals surface area (Å²) in [5.41, 5.74) is -0.904. The van der Waals surface area contributed by atoms with E-state index in [1.54, 1.807) is 18.2 Å². The minimum Gasteiger partial charge on any atom is -0.431 e. The fourth-order valence-corrected chi connectivity index (χ4v) is 1.84. The molecule has 18 heavy (non-hydrogen) atoms. The van der Waals surface area contributed by atoms with Crippen LogP contribution in [0, 0.1) is 0 Å². The molecule has 3 aromatic rings. The minimum atomic E-state index is -0.711. The van der Waals surface area contributed by atoms with E-state index in [4.69, 9.17) is 16.0 Å². The Labute approximate surface area is 105 Å². The maximum absolute atomic E-state index is 12.1. The van der Waals surface area contributed by atoms with Crippen molar-refractivity contribution in [2.24, 2.45) is 0 Å². The first-order chi connectivity index (χ1) is 8.66. The summed E-state index contributed by atoms with van der Waals surface area (Å²) < 4.78 is 6.97. The molecule has 0 saturated carbocycles. The molecule has 90 valence electrons. The van der Waals surface area contributed by atoms with Crippen LogP contribution in [0.5, 0.6) is 0 Å². The number of hydrogen-bond donors (Lipinski definition) is 0. The molecule has 0 aliphatic rings. The maximum atomic E-state index is 12.1. The molecule has 0 aliphatic carbocycles. The zero-order valence-electron chi connectivity index (χ0n) is 8.91. The fraction of sp³-hybridized carbons (Fsp3) is 0. The molecule has 0 amide bonds. The van der Waals surface area contributed by atoms with Gasteiger partial charge in [-0.2, -0.15) is 0 Å². The topological polar surface area (TPSA) is 69.5 Å². The summed E-state index contributed by atoms with van der Waals surface area (Å²) in [4.78, 5) is 27.6. The molecule has 0 bridgehead atoms. The molecule has 1 aromatic carbocycles. The van der Waals surface area contributed by atoms with Crippen LogP contribution in [0.4, 0.5) is 0 Å². The summed E-state index contributed by atoms with van der Waals surface area (Å²) in [5.74, 6) is -0.0386. The van der Waals surface area contributed by atoms with Crippen LogP contribution in [-0.2, 0) is 0 Å².